The molecule has 20 heavy (non-hydrogen) atoms. The van der Waals surface area contributed by atoms with Crippen molar-refractivity contribution in [1.29, 1.82) is 0 Å². The van der Waals surface area contributed by atoms with Crippen molar-refractivity contribution in [2.24, 2.45) is 5.73 Å². The van der Waals surface area contributed by atoms with Gasteiger partial charge in [-0.2, -0.15) is 0 Å². The summed E-state index contributed by atoms with van der Waals surface area (Å²) in [5.74, 6) is 0.913. The number of para-hydroxylation sites is 1. The summed E-state index contributed by atoms with van der Waals surface area (Å²) in [7, 11) is 3.48. The highest BCUT2D eigenvalue weighted by atomic mass is 16.5. The highest BCUT2D eigenvalue weighted by Crippen LogP contribution is 2.34. The number of carbonyl (C=O) groups is 1. The molecule has 1 aromatic rings. The first kappa shape index (κ1) is 14.9. The molecular weight excluding hydrogens is 252 g/mol. The molecule has 1 aromatic carbocycles. The van der Waals surface area contributed by atoms with E-state index in [1.54, 1.807) is 12.0 Å². The molecule has 2 N–H and O–H groups in total. The molecular formula is C16H24N2O2. The Labute approximate surface area is 120 Å². The van der Waals surface area contributed by atoms with E-state index in [4.69, 9.17) is 10.5 Å². The number of nitrogens with two attached hydrogens (primary N) is 1. The van der Waals surface area contributed by atoms with E-state index in [1.807, 2.05) is 38.2 Å². The monoisotopic (exact) mass is 276 g/mol. The van der Waals surface area contributed by atoms with Crippen molar-refractivity contribution >= 4 is 5.91 Å². The Morgan fingerprint density at radius 1 is 1.45 bits per heavy atom. The van der Waals surface area contributed by atoms with Crippen LogP contribution >= 0.6 is 0 Å². The molecule has 0 aromatic heterocycles. The van der Waals surface area contributed by atoms with E-state index < -0.39 is 0 Å². The van der Waals surface area contributed by atoms with E-state index in [-0.39, 0.29) is 17.5 Å². The second-order valence-corrected chi connectivity index (χ2v) is 5.82. The van der Waals surface area contributed by atoms with Crippen molar-refractivity contribution in [3.63, 3.8) is 0 Å². The van der Waals surface area contributed by atoms with Gasteiger partial charge >= 0.3 is 0 Å². The Hall–Kier alpha value is -1.55. The quantitative estimate of drug-likeness (QED) is 0.899. The molecule has 0 spiro atoms. The fourth-order valence-electron chi connectivity index (χ4n) is 2.67. The summed E-state index contributed by atoms with van der Waals surface area (Å²) in [4.78, 5) is 14.1. The van der Waals surface area contributed by atoms with Crippen LogP contribution in [0, 0.1) is 0 Å². The van der Waals surface area contributed by atoms with Gasteiger partial charge in [0.05, 0.1) is 13.2 Å². The smallest absolute Gasteiger partial charge is 0.224 e. The van der Waals surface area contributed by atoms with Crippen molar-refractivity contribution in [2.45, 2.75) is 44.2 Å². The number of amides is 1. The topological polar surface area (TPSA) is 55.6 Å². The molecule has 0 aliphatic heterocycles. The van der Waals surface area contributed by atoms with Crippen LogP contribution in [0.3, 0.4) is 0 Å². The summed E-state index contributed by atoms with van der Waals surface area (Å²) >= 11 is 0. The maximum absolute atomic E-state index is 12.4. The predicted molar refractivity (Wildman–Crippen MR) is 79.6 cm³/mol. The Kier molecular flexibility index (Phi) is 4.33. The molecule has 110 valence electrons. The SMILES string of the molecule is COc1ccccc1C(C)N(C)C(=O)CC1(N)CCC1. The molecule has 2 rings (SSSR count). The van der Waals surface area contributed by atoms with E-state index in [1.165, 1.54) is 0 Å². The molecule has 1 aliphatic carbocycles. The standard InChI is InChI=1S/C16H24N2O2/c1-12(13-7-4-5-8-14(13)20-3)18(2)15(19)11-16(17)9-6-10-16/h4-5,7-8,12H,6,9-11,17H2,1-3H3. The molecule has 4 heteroatoms. The zero-order valence-corrected chi connectivity index (χ0v) is 12.6. The van der Waals surface area contributed by atoms with Gasteiger partial charge < -0.3 is 15.4 Å². The molecule has 1 saturated carbocycles. The van der Waals surface area contributed by atoms with Crippen molar-refractivity contribution in [2.75, 3.05) is 14.2 Å². The minimum atomic E-state index is -0.272. The minimum Gasteiger partial charge on any atom is -0.496 e. The third kappa shape index (κ3) is 2.96. The lowest BCUT2D eigenvalue weighted by Gasteiger charge is -2.39. The van der Waals surface area contributed by atoms with E-state index >= 15 is 0 Å². The lowest BCUT2D eigenvalue weighted by atomic mass is 9.75. The van der Waals surface area contributed by atoms with Crippen molar-refractivity contribution < 1.29 is 9.53 Å². The summed E-state index contributed by atoms with van der Waals surface area (Å²) in [6, 6.07) is 7.78. The van der Waals surface area contributed by atoms with Gasteiger partial charge in [-0.05, 0) is 32.3 Å². The maximum atomic E-state index is 12.4. The summed E-state index contributed by atoms with van der Waals surface area (Å²) in [5.41, 5.74) is 6.91. The zero-order valence-electron chi connectivity index (χ0n) is 12.6. The van der Waals surface area contributed by atoms with Crippen LogP contribution in [-0.4, -0.2) is 30.5 Å². The fourth-order valence-corrected chi connectivity index (χ4v) is 2.67. The number of hydrogen-bond donors (Lipinski definition) is 1. The van der Waals surface area contributed by atoms with Gasteiger partial charge in [0.25, 0.3) is 0 Å². The average Bonchev–Trinajstić information content (AvgIpc) is 2.43. The van der Waals surface area contributed by atoms with Gasteiger partial charge in [0.2, 0.25) is 5.91 Å². The Morgan fingerprint density at radius 3 is 2.65 bits per heavy atom. The van der Waals surface area contributed by atoms with Gasteiger partial charge in [0.15, 0.2) is 0 Å². The number of rotatable bonds is 5. The number of methoxy groups -OCH3 is 1. The summed E-state index contributed by atoms with van der Waals surface area (Å²) in [6.45, 7) is 2.01. The average molecular weight is 276 g/mol. The highest BCUT2D eigenvalue weighted by Gasteiger charge is 2.36. The van der Waals surface area contributed by atoms with Crippen LogP contribution in [0.4, 0.5) is 0 Å². The van der Waals surface area contributed by atoms with E-state index in [0.29, 0.717) is 6.42 Å². The first-order chi connectivity index (χ1) is 9.47. The molecule has 1 atom stereocenters. The predicted octanol–water partition coefficient (Wildman–Crippen LogP) is 2.49. The largest absolute Gasteiger partial charge is 0.496 e. The molecule has 4 nitrogen and oxygen atoms in total. The first-order valence-corrected chi connectivity index (χ1v) is 7.14. The zero-order chi connectivity index (χ0) is 14.8. The number of ether oxygens (including phenoxy) is 1. The van der Waals surface area contributed by atoms with Crippen LogP contribution in [0.25, 0.3) is 0 Å². The lowest BCUT2D eigenvalue weighted by molar-refractivity contribution is -0.133. The molecule has 1 amide bonds. The van der Waals surface area contributed by atoms with Gasteiger partial charge in [-0.3, -0.25) is 4.79 Å². The van der Waals surface area contributed by atoms with Crippen LogP contribution < -0.4 is 10.5 Å². The first-order valence-electron chi connectivity index (χ1n) is 7.14. The normalized spacial score (nSPS) is 18.0. The minimum absolute atomic E-state index is 0.0256. The maximum Gasteiger partial charge on any atom is 0.224 e. The number of carbonyl (C=O) groups excluding carboxylic acids is 1. The highest BCUT2D eigenvalue weighted by molar-refractivity contribution is 5.78. The molecule has 0 saturated heterocycles. The lowest BCUT2D eigenvalue weighted by Crippen LogP contribution is -2.50. The Morgan fingerprint density at radius 2 is 2.10 bits per heavy atom. The van der Waals surface area contributed by atoms with E-state index in [2.05, 4.69) is 0 Å². The van der Waals surface area contributed by atoms with Gasteiger partial charge in [-0.25, -0.2) is 0 Å². The Bertz CT molecular complexity index is 483. The number of benzene rings is 1. The third-order valence-corrected chi connectivity index (χ3v) is 4.42. The number of hydrogen-bond acceptors (Lipinski definition) is 3. The van der Waals surface area contributed by atoms with Crippen LogP contribution in [0.5, 0.6) is 5.75 Å². The molecule has 1 fully saturated rings. The van der Waals surface area contributed by atoms with Crippen molar-refractivity contribution in [1.82, 2.24) is 4.90 Å². The summed E-state index contributed by atoms with van der Waals surface area (Å²) < 4.78 is 5.37. The van der Waals surface area contributed by atoms with Crippen LogP contribution in [0.2, 0.25) is 0 Å². The fraction of sp³-hybridized carbons (Fsp3) is 0.562. The van der Waals surface area contributed by atoms with Crippen molar-refractivity contribution in [3.8, 4) is 5.75 Å². The second kappa shape index (κ2) is 5.83. The van der Waals surface area contributed by atoms with Gasteiger partial charge in [0, 0.05) is 24.6 Å². The Balaban J connectivity index is 2.07. The molecule has 0 radical (unpaired) electrons. The molecule has 1 unspecified atom stereocenters. The van der Waals surface area contributed by atoms with Gasteiger partial charge in [-0.15, -0.1) is 0 Å². The van der Waals surface area contributed by atoms with E-state index in [9.17, 15) is 4.79 Å². The van der Waals surface area contributed by atoms with Gasteiger partial charge in [0.1, 0.15) is 5.75 Å². The van der Waals surface area contributed by atoms with E-state index in [0.717, 1.165) is 30.6 Å². The van der Waals surface area contributed by atoms with Crippen LogP contribution in [0.1, 0.15) is 44.2 Å². The summed E-state index contributed by atoms with van der Waals surface area (Å²) in [6.07, 6.45) is 3.48. The van der Waals surface area contributed by atoms with Crippen LogP contribution in [0.15, 0.2) is 24.3 Å². The van der Waals surface area contributed by atoms with Crippen molar-refractivity contribution in [3.05, 3.63) is 29.8 Å². The second-order valence-electron chi connectivity index (χ2n) is 5.82. The molecule has 1 aliphatic rings. The molecule has 0 bridgehead atoms. The summed E-state index contributed by atoms with van der Waals surface area (Å²) in [5, 5.41) is 0. The van der Waals surface area contributed by atoms with Gasteiger partial charge in [-0.1, -0.05) is 18.2 Å². The third-order valence-electron chi connectivity index (χ3n) is 4.42. The number of nitrogens with zero attached hydrogens (tertiary/aromatic N) is 1. The molecule has 0 heterocycles. The van der Waals surface area contributed by atoms with Crippen LogP contribution in [-0.2, 0) is 4.79 Å².